The lowest BCUT2D eigenvalue weighted by Crippen LogP contribution is -2.28. The van der Waals surface area contributed by atoms with E-state index in [-0.39, 0.29) is 22.8 Å². The molecule has 0 spiro atoms. The quantitative estimate of drug-likeness (QED) is 0.333. The molecule has 3 aromatic heterocycles. The molecule has 2 atom stereocenters. The van der Waals surface area contributed by atoms with Gasteiger partial charge in [0.25, 0.3) is 11.5 Å². The lowest BCUT2D eigenvalue weighted by atomic mass is 10.3. The molecule has 0 bridgehead atoms. The number of aromatic nitrogens is 4. The summed E-state index contributed by atoms with van der Waals surface area (Å²) in [5.74, 6) is 0.158. The summed E-state index contributed by atoms with van der Waals surface area (Å²) in [6.45, 7) is 7.25. The van der Waals surface area contributed by atoms with Gasteiger partial charge in [0.2, 0.25) is 0 Å². The number of hydrogen-bond donors (Lipinski definition) is 3. The second-order valence-electron chi connectivity index (χ2n) is 7.40. The van der Waals surface area contributed by atoms with E-state index in [1.54, 1.807) is 37.5 Å². The van der Waals surface area contributed by atoms with Gasteiger partial charge in [-0.15, -0.1) is 5.10 Å². The molecule has 3 heterocycles. The lowest BCUT2D eigenvalue weighted by Gasteiger charge is -2.12. The van der Waals surface area contributed by atoms with Crippen molar-refractivity contribution < 1.29 is 9.18 Å². The normalized spacial score (nSPS) is 17.5. The highest BCUT2D eigenvalue weighted by Crippen LogP contribution is 2.26. The van der Waals surface area contributed by atoms with Gasteiger partial charge in [-0.2, -0.15) is 0 Å². The van der Waals surface area contributed by atoms with Crippen molar-refractivity contribution in [2.45, 2.75) is 18.6 Å². The molecule has 1 saturated carbocycles. The summed E-state index contributed by atoms with van der Waals surface area (Å²) >= 11 is 0. The number of nitrogens with zero attached hydrogens (tertiary/aromatic N) is 5. The topological polar surface area (TPSA) is 118 Å². The second-order valence-corrected chi connectivity index (χ2v) is 7.40. The molecular weight excluding hydrogens is 439 g/mol. The third-order valence-electron chi connectivity index (χ3n) is 5.03. The first-order valence-electron chi connectivity index (χ1n) is 10.4. The van der Waals surface area contributed by atoms with E-state index in [0.717, 1.165) is 0 Å². The van der Waals surface area contributed by atoms with Gasteiger partial charge in [0.1, 0.15) is 17.7 Å². The molecule has 1 aliphatic rings. The molecule has 1 fully saturated rings. The number of aliphatic imine (C=N–C) groups is 1. The predicted molar refractivity (Wildman–Crippen MR) is 130 cm³/mol. The standard InChI is InChI=1S/C23H23FN8O2/c1-4-7-20(26-9-5-2)31-10-6-8-15(23(31)34)28-19-12-17(25-3)21-27-13-18(32(21)30-19)22(33)29-16-11-14(16)24/h4-10,12-14,16,25H,1-2,11H2,3H3,(H,28,30)(H,29,33)/b20-7+,26-9-. The fraction of sp³-hybridized carbons (Fsp3) is 0.174. The Balaban J connectivity index is 1.71. The van der Waals surface area contributed by atoms with Gasteiger partial charge in [0.15, 0.2) is 17.2 Å². The first kappa shape index (κ1) is 22.6. The molecule has 0 radical (unpaired) electrons. The van der Waals surface area contributed by atoms with Gasteiger partial charge < -0.3 is 16.0 Å². The number of halogens is 1. The number of alkyl halides is 1. The first-order valence-corrected chi connectivity index (χ1v) is 10.4. The summed E-state index contributed by atoms with van der Waals surface area (Å²) in [6, 6.07) is 4.45. The van der Waals surface area contributed by atoms with E-state index in [9.17, 15) is 14.0 Å². The maximum atomic E-state index is 13.2. The molecule has 11 heteroatoms. The molecular formula is C23H23FN8O2. The largest absolute Gasteiger partial charge is 0.385 e. The van der Waals surface area contributed by atoms with Gasteiger partial charge in [0.05, 0.1) is 17.9 Å². The number of hydrogen-bond acceptors (Lipinski definition) is 7. The fourth-order valence-corrected chi connectivity index (χ4v) is 3.25. The summed E-state index contributed by atoms with van der Waals surface area (Å²) in [5.41, 5.74) is 0.979. The number of amides is 1. The van der Waals surface area contributed by atoms with Crippen molar-refractivity contribution in [2.75, 3.05) is 17.7 Å². The summed E-state index contributed by atoms with van der Waals surface area (Å²) in [5, 5.41) is 13.1. The number of pyridine rings is 1. The van der Waals surface area contributed by atoms with E-state index < -0.39 is 18.1 Å². The number of rotatable bonds is 9. The molecule has 1 amide bonds. The molecule has 3 aromatic rings. The van der Waals surface area contributed by atoms with Crippen molar-refractivity contribution in [3.05, 3.63) is 78.0 Å². The zero-order valence-corrected chi connectivity index (χ0v) is 18.4. The Bertz CT molecular complexity index is 1390. The molecule has 0 aliphatic heterocycles. The first-order chi connectivity index (χ1) is 16.5. The van der Waals surface area contributed by atoms with Crippen LogP contribution >= 0.6 is 0 Å². The maximum absolute atomic E-state index is 13.2. The monoisotopic (exact) mass is 462 g/mol. The number of carbonyl (C=O) groups is 1. The van der Waals surface area contributed by atoms with Crippen LogP contribution in [0.15, 0.2) is 71.8 Å². The van der Waals surface area contributed by atoms with Crippen LogP contribution in [0.25, 0.3) is 11.5 Å². The van der Waals surface area contributed by atoms with Crippen molar-refractivity contribution in [2.24, 2.45) is 4.99 Å². The third-order valence-corrected chi connectivity index (χ3v) is 5.03. The lowest BCUT2D eigenvalue weighted by molar-refractivity contribution is 0.0940. The zero-order chi connectivity index (χ0) is 24.2. The highest BCUT2D eigenvalue weighted by Gasteiger charge is 2.39. The average Bonchev–Trinajstić information content (AvgIpc) is 3.34. The minimum Gasteiger partial charge on any atom is -0.385 e. The van der Waals surface area contributed by atoms with E-state index in [4.69, 9.17) is 0 Å². The fourth-order valence-electron chi connectivity index (χ4n) is 3.25. The summed E-state index contributed by atoms with van der Waals surface area (Å²) in [4.78, 5) is 34.2. The Kier molecular flexibility index (Phi) is 6.35. The van der Waals surface area contributed by atoms with E-state index in [2.05, 4.69) is 44.2 Å². The van der Waals surface area contributed by atoms with Crippen LogP contribution in [0, 0.1) is 0 Å². The van der Waals surface area contributed by atoms with Crippen LogP contribution < -0.4 is 21.5 Å². The van der Waals surface area contributed by atoms with Crippen LogP contribution in [0.4, 0.5) is 21.6 Å². The van der Waals surface area contributed by atoms with Crippen molar-refractivity contribution in [1.82, 2.24) is 24.5 Å². The van der Waals surface area contributed by atoms with Gasteiger partial charge >= 0.3 is 0 Å². The third kappa shape index (κ3) is 4.49. The summed E-state index contributed by atoms with van der Waals surface area (Å²) in [7, 11) is 1.70. The Morgan fingerprint density at radius 2 is 2.12 bits per heavy atom. The molecule has 3 N–H and O–H groups in total. The summed E-state index contributed by atoms with van der Waals surface area (Å²) < 4.78 is 15.9. The molecule has 4 rings (SSSR count). The number of carbonyl (C=O) groups excluding carboxylic acids is 1. The highest BCUT2D eigenvalue weighted by atomic mass is 19.1. The van der Waals surface area contributed by atoms with Crippen LogP contribution in [-0.4, -0.2) is 50.5 Å². The van der Waals surface area contributed by atoms with Crippen molar-refractivity contribution in [3.63, 3.8) is 0 Å². The minimum atomic E-state index is -1.03. The Morgan fingerprint density at radius 1 is 1.32 bits per heavy atom. The second kappa shape index (κ2) is 9.53. The van der Waals surface area contributed by atoms with Crippen molar-refractivity contribution in [1.29, 1.82) is 0 Å². The molecule has 10 nitrogen and oxygen atoms in total. The van der Waals surface area contributed by atoms with Crippen LogP contribution in [-0.2, 0) is 0 Å². The van der Waals surface area contributed by atoms with Crippen molar-refractivity contribution >= 4 is 40.8 Å². The number of anilines is 3. The van der Waals surface area contributed by atoms with Gasteiger partial charge in [0, 0.05) is 31.9 Å². The molecule has 0 saturated heterocycles. The highest BCUT2D eigenvalue weighted by molar-refractivity contribution is 5.94. The number of imidazole rings is 1. The summed E-state index contributed by atoms with van der Waals surface area (Å²) in [6.07, 6.45) is 8.29. The van der Waals surface area contributed by atoms with E-state index in [1.165, 1.54) is 33.6 Å². The van der Waals surface area contributed by atoms with Crippen LogP contribution in [0.5, 0.6) is 0 Å². The maximum Gasteiger partial charge on any atom is 0.279 e. The number of allylic oxidation sites excluding steroid dienone is 3. The predicted octanol–water partition coefficient (Wildman–Crippen LogP) is 2.76. The van der Waals surface area contributed by atoms with E-state index in [0.29, 0.717) is 23.6 Å². The van der Waals surface area contributed by atoms with Crippen LogP contribution in [0.3, 0.4) is 0 Å². The van der Waals surface area contributed by atoms with Crippen LogP contribution in [0.1, 0.15) is 16.9 Å². The molecule has 0 aromatic carbocycles. The minimum absolute atomic E-state index is 0.148. The van der Waals surface area contributed by atoms with Gasteiger partial charge in [-0.25, -0.2) is 18.9 Å². The molecule has 1 aliphatic carbocycles. The van der Waals surface area contributed by atoms with Crippen LogP contribution in [0.2, 0.25) is 0 Å². The van der Waals surface area contributed by atoms with Crippen molar-refractivity contribution in [3.8, 4) is 0 Å². The number of nitrogens with one attached hydrogen (secondary N) is 3. The molecule has 174 valence electrons. The number of fused-ring (bicyclic) bond motifs is 1. The van der Waals surface area contributed by atoms with Gasteiger partial charge in [-0.05, 0) is 18.2 Å². The smallest absolute Gasteiger partial charge is 0.279 e. The van der Waals surface area contributed by atoms with Gasteiger partial charge in [-0.1, -0.05) is 25.3 Å². The Morgan fingerprint density at radius 3 is 2.79 bits per heavy atom. The van der Waals surface area contributed by atoms with E-state index >= 15 is 0 Å². The SMILES string of the molecule is C=C/C=N\C(=C/C=C)n1cccc(Nc2cc(NC)c3ncc(C(=O)NC4CC4F)n3n2)c1=O. The Labute approximate surface area is 194 Å². The zero-order valence-electron chi connectivity index (χ0n) is 18.4. The Hall–Kier alpha value is -4.54. The molecule has 2 unspecified atom stereocenters. The average molecular weight is 462 g/mol. The molecule has 34 heavy (non-hydrogen) atoms. The van der Waals surface area contributed by atoms with Gasteiger partial charge in [-0.3, -0.25) is 14.2 Å². The van der Waals surface area contributed by atoms with E-state index in [1.807, 2.05) is 0 Å².